The van der Waals surface area contributed by atoms with E-state index in [0.29, 0.717) is 0 Å². The molecule has 0 saturated heterocycles. The molecule has 0 unspecified atom stereocenters. The van der Waals surface area contributed by atoms with Gasteiger partial charge in [-0.25, -0.2) is 0 Å². The smallest absolute Gasteiger partial charge is 0.261 e. The first-order chi connectivity index (χ1) is 10.1. The van der Waals surface area contributed by atoms with Gasteiger partial charge in [0.25, 0.3) is 5.91 Å². The maximum absolute atomic E-state index is 12.4. The van der Waals surface area contributed by atoms with Crippen LogP contribution in [-0.2, 0) is 12.8 Å². The molecule has 2 aromatic heterocycles. The Kier molecular flexibility index (Phi) is 4.06. The lowest BCUT2D eigenvalue weighted by molar-refractivity contribution is 0.0943. The third-order valence-corrected chi connectivity index (χ3v) is 5.27. The number of aryl methyl sites for hydroxylation is 1. The molecular formula is C17H20N2OS. The summed E-state index contributed by atoms with van der Waals surface area (Å²) in [5, 5.41) is 3.04. The minimum atomic E-state index is -0.0725. The van der Waals surface area contributed by atoms with Crippen molar-refractivity contribution >= 4 is 17.2 Å². The molecule has 0 bridgehead atoms. The lowest BCUT2D eigenvalue weighted by Crippen LogP contribution is -2.26. The van der Waals surface area contributed by atoms with Crippen LogP contribution in [0.5, 0.6) is 0 Å². The number of nitrogens with zero attached hydrogens (tertiary/aromatic N) is 1. The number of fused-ring (bicyclic) bond motifs is 1. The quantitative estimate of drug-likeness (QED) is 0.938. The van der Waals surface area contributed by atoms with E-state index in [1.54, 1.807) is 17.5 Å². The largest absolute Gasteiger partial charge is 0.343 e. The number of hydrogen-bond donors (Lipinski definition) is 1. The van der Waals surface area contributed by atoms with Gasteiger partial charge in [-0.05, 0) is 55.9 Å². The first-order valence-electron chi connectivity index (χ1n) is 7.47. The lowest BCUT2D eigenvalue weighted by Gasteiger charge is -2.16. The average Bonchev–Trinajstić information content (AvgIpc) is 2.91. The molecule has 2 atom stereocenters. The van der Waals surface area contributed by atoms with E-state index >= 15 is 0 Å². The molecule has 2 heterocycles. The molecule has 1 aliphatic rings. The Hall–Kier alpha value is -1.68. The Balaban J connectivity index is 1.71. The number of rotatable bonds is 3. The summed E-state index contributed by atoms with van der Waals surface area (Å²) in [5.74, 6) is 0.746. The van der Waals surface area contributed by atoms with Crippen molar-refractivity contribution in [2.45, 2.75) is 39.2 Å². The highest BCUT2D eigenvalue weighted by Gasteiger charge is 2.21. The molecule has 3 nitrogen and oxygen atoms in total. The zero-order chi connectivity index (χ0) is 14.8. The van der Waals surface area contributed by atoms with E-state index in [4.69, 9.17) is 0 Å². The van der Waals surface area contributed by atoms with Crippen molar-refractivity contribution in [3.8, 4) is 0 Å². The molecule has 0 saturated carbocycles. The summed E-state index contributed by atoms with van der Waals surface area (Å²) in [7, 11) is 0. The van der Waals surface area contributed by atoms with Gasteiger partial charge in [0.2, 0.25) is 0 Å². The van der Waals surface area contributed by atoms with Crippen molar-refractivity contribution in [3.05, 3.63) is 51.5 Å². The van der Waals surface area contributed by atoms with Crippen LogP contribution in [-0.4, -0.2) is 10.9 Å². The number of pyridine rings is 1. The van der Waals surface area contributed by atoms with Gasteiger partial charge in [-0.2, -0.15) is 0 Å². The highest BCUT2D eigenvalue weighted by atomic mass is 32.1. The van der Waals surface area contributed by atoms with Crippen molar-refractivity contribution in [2.75, 3.05) is 0 Å². The van der Waals surface area contributed by atoms with Gasteiger partial charge in [-0.15, -0.1) is 11.3 Å². The van der Waals surface area contributed by atoms with Crippen LogP contribution in [0, 0.1) is 5.92 Å². The van der Waals surface area contributed by atoms with Crippen molar-refractivity contribution in [2.24, 2.45) is 5.92 Å². The molecule has 0 spiro atoms. The fraction of sp³-hybridized carbons (Fsp3) is 0.412. The van der Waals surface area contributed by atoms with Crippen LogP contribution in [0.25, 0.3) is 0 Å². The first-order valence-corrected chi connectivity index (χ1v) is 8.28. The van der Waals surface area contributed by atoms with Gasteiger partial charge >= 0.3 is 0 Å². The molecule has 1 amide bonds. The lowest BCUT2D eigenvalue weighted by atomic mass is 9.90. The van der Waals surface area contributed by atoms with Gasteiger partial charge < -0.3 is 5.32 Å². The normalized spacial score (nSPS) is 18.9. The van der Waals surface area contributed by atoms with E-state index in [1.165, 1.54) is 16.9 Å². The Morgan fingerprint density at radius 1 is 1.48 bits per heavy atom. The second-order valence-corrected chi connectivity index (χ2v) is 6.99. The Morgan fingerprint density at radius 3 is 3.10 bits per heavy atom. The van der Waals surface area contributed by atoms with E-state index in [2.05, 4.69) is 23.3 Å². The highest BCUT2D eigenvalue weighted by molar-refractivity contribution is 7.14. The van der Waals surface area contributed by atoms with Crippen molar-refractivity contribution < 1.29 is 4.79 Å². The number of hydrogen-bond acceptors (Lipinski definition) is 3. The second-order valence-electron chi connectivity index (χ2n) is 5.86. The van der Waals surface area contributed by atoms with Crippen LogP contribution in [0.15, 0.2) is 30.5 Å². The summed E-state index contributed by atoms with van der Waals surface area (Å²) < 4.78 is 0. The van der Waals surface area contributed by atoms with Crippen LogP contribution >= 0.6 is 11.3 Å². The van der Waals surface area contributed by atoms with Crippen molar-refractivity contribution in [1.29, 1.82) is 0 Å². The van der Waals surface area contributed by atoms with Crippen molar-refractivity contribution in [3.63, 3.8) is 0 Å². The van der Waals surface area contributed by atoms with Crippen LogP contribution < -0.4 is 5.32 Å². The number of carbonyl (C=O) groups excluding carboxylic acids is 1. The number of carbonyl (C=O) groups is 1. The maximum Gasteiger partial charge on any atom is 0.261 e. The van der Waals surface area contributed by atoms with Crippen LogP contribution in [0.2, 0.25) is 0 Å². The Bertz CT molecular complexity index is 635. The van der Waals surface area contributed by atoms with Gasteiger partial charge in [0.1, 0.15) is 0 Å². The fourth-order valence-corrected chi connectivity index (χ4v) is 3.90. The topological polar surface area (TPSA) is 42.0 Å². The maximum atomic E-state index is 12.4. The molecule has 0 fully saturated rings. The van der Waals surface area contributed by atoms with Gasteiger partial charge in [0.15, 0.2) is 0 Å². The SMILES string of the molecule is C[C@H]1CCc2sc(C(=O)N[C@@H](C)c3ccccn3)cc2C1. The number of nitrogens with one attached hydrogen (secondary N) is 1. The molecule has 110 valence electrons. The van der Waals surface area contributed by atoms with Crippen LogP contribution in [0.4, 0.5) is 0 Å². The fourth-order valence-electron chi connectivity index (χ4n) is 2.79. The number of amides is 1. The number of aromatic nitrogens is 1. The molecule has 4 heteroatoms. The second kappa shape index (κ2) is 5.98. The summed E-state index contributed by atoms with van der Waals surface area (Å²) in [6, 6.07) is 7.77. The standard InChI is InChI=1S/C17H20N2OS/c1-11-6-7-15-13(9-11)10-16(21-15)17(20)19-12(2)14-5-3-4-8-18-14/h3-5,8,10-12H,6-7,9H2,1-2H3,(H,19,20)/t11-,12-/m0/s1. The van der Waals surface area contributed by atoms with E-state index in [9.17, 15) is 4.79 Å². The predicted octanol–water partition coefficient (Wildman–Crippen LogP) is 3.76. The summed E-state index contributed by atoms with van der Waals surface area (Å²) in [6.45, 7) is 4.25. The molecule has 0 aromatic carbocycles. The monoisotopic (exact) mass is 300 g/mol. The highest BCUT2D eigenvalue weighted by Crippen LogP contribution is 2.32. The molecule has 3 rings (SSSR count). The Morgan fingerprint density at radius 2 is 2.33 bits per heavy atom. The summed E-state index contributed by atoms with van der Waals surface area (Å²) >= 11 is 1.65. The van der Waals surface area contributed by atoms with Gasteiger partial charge in [-0.3, -0.25) is 9.78 Å². The van der Waals surface area contributed by atoms with Gasteiger partial charge in [0.05, 0.1) is 16.6 Å². The van der Waals surface area contributed by atoms with E-state index < -0.39 is 0 Å². The molecule has 1 N–H and O–H groups in total. The summed E-state index contributed by atoms with van der Waals surface area (Å²) in [6.07, 6.45) is 5.21. The van der Waals surface area contributed by atoms with E-state index in [-0.39, 0.29) is 11.9 Å². The van der Waals surface area contributed by atoms with Crippen LogP contribution in [0.3, 0.4) is 0 Å². The zero-order valence-corrected chi connectivity index (χ0v) is 13.2. The van der Waals surface area contributed by atoms with Crippen LogP contribution in [0.1, 0.15) is 52.1 Å². The zero-order valence-electron chi connectivity index (χ0n) is 12.4. The van der Waals surface area contributed by atoms with E-state index in [0.717, 1.165) is 29.3 Å². The third-order valence-electron chi connectivity index (χ3n) is 4.03. The predicted molar refractivity (Wildman–Crippen MR) is 85.6 cm³/mol. The van der Waals surface area contributed by atoms with Gasteiger partial charge in [0, 0.05) is 11.1 Å². The van der Waals surface area contributed by atoms with Gasteiger partial charge in [-0.1, -0.05) is 13.0 Å². The third kappa shape index (κ3) is 3.16. The van der Waals surface area contributed by atoms with E-state index in [1.807, 2.05) is 25.1 Å². The Labute approximate surface area is 129 Å². The molecule has 1 aliphatic carbocycles. The minimum Gasteiger partial charge on any atom is -0.343 e. The van der Waals surface area contributed by atoms with Crippen molar-refractivity contribution in [1.82, 2.24) is 10.3 Å². The average molecular weight is 300 g/mol. The molecule has 0 aliphatic heterocycles. The molecule has 21 heavy (non-hydrogen) atoms. The molecule has 2 aromatic rings. The molecular weight excluding hydrogens is 280 g/mol. The molecule has 0 radical (unpaired) electrons. The summed E-state index contributed by atoms with van der Waals surface area (Å²) in [4.78, 5) is 18.9. The first kappa shape index (κ1) is 14.3. The summed E-state index contributed by atoms with van der Waals surface area (Å²) in [5.41, 5.74) is 2.26. The minimum absolute atomic E-state index is 0.0141. The number of thiophene rings is 1.